The molecule has 7 nitrogen and oxygen atoms in total. The van der Waals surface area contributed by atoms with Crippen molar-refractivity contribution in [2.24, 2.45) is 0 Å². The van der Waals surface area contributed by atoms with Crippen LogP contribution in [0.15, 0.2) is 36.5 Å². The van der Waals surface area contributed by atoms with E-state index < -0.39 is 11.7 Å². The lowest BCUT2D eigenvalue weighted by molar-refractivity contribution is -0.137. The number of rotatable bonds is 3. The van der Waals surface area contributed by atoms with E-state index in [1.165, 1.54) is 12.3 Å². The van der Waals surface area contributed by atoms with E-state index in [1.807, 2.05) is 36.9 Å². The second-order valence-corrected chi connectivity index (χ2v) is 6.94. The van der Waals surface area contributed by atoms with E-state index in [-0.39, 0.29) is 5.82 Å². The Morgan fingerprint density at radius 3 is 2.14 bits per heavy atom. The molecule has 1 fully saturated rings. The van der Waals surface area contributed by atoms with Crippen LogP contribution in [-0.2, 0) is 6.18 Å². The first kappa shape index (κ1) is 19.2. The van der Waals surface area contributed by atoms with E-state index >= 15 is 0 Å². The number of aromatic nitrogens is 5. The van der Waals surface area contributed by atoms with Gasteiger partial charge in [0, 0.05) is 38.1 Å². The van der Waals surface area contributed by atoms with E-state index in [0.29, 0.717) is 37.8 Å². The highest BCUT2D eigenvalue weighted by Crippen LogP contribution is 2.35. The Labute approximate surface area is 165 Å². The molecule has 0 atom stereocenters. The van der Waals surface area contributed by atoms with Crippen molar-refractivity contribution in [2.45, 2.75) is 20.0 Å². The molecule has 0 N–H and O–H groups in total. The van der Waals surface area contributed by atoms with E-state index in [2.05, 4.69) is 20.3 Å². The Morgan fingerprint density at radius 2 is 1.55 bits per heavy atom. The van der Waals surface area contributed by atoms with E-state index in [1.54, 1.807) is 9.58 Å². The fourth-order valence-corrected chi connectivity index (χ4v) is 3.48. The number of hydrogen-bond acceptors (Lipinski definition) is 6. The van der Waals surface area contributed by atoms with Crippen molar-refractivity contribution in [3.8, 4) is 5.82 Å². The molecule has 0 unspecified atom stereocenters. The zero-order valence-electron chi connectivity index (χ0n) is 16.1. The SMILES string of the molecule is Cc1cc(C)n(-c2ccc(N3CCN(c4ncccc4C(F)(F)F)CC3)nn2)n1. The average Bonchev–Trinajstić information content (AvgIpc) is 3.06. The van der Waals surface area contributed by atoms with Crippen LogP contribution in [0.25, 0.3) is 5.82 Å². The molecule has 0 aromatic carbocycles. The van der Waals surface area contributed by atoms with Crippen LogP contribution in [0.4, 0.5) is 24.8 Å². The highest BCUT2D eigenvalue weighted by Gasteiger charge is 2.36. The zero-order valence-corrected chi connectivity index (χ0v) is 16.1. The predicted octanol–water partition coefficient (Wildman–Crippen LogP) is 3.02. The number of pyridine rings is 1. The smallest absolute Gasteiger partial charge is 0.353 e. The highest BCUT2D eigenvalue weighted by molar-refractivity contribution is 5.51. The second kappa shape index (κ2) is 7.34. The number of hydrogen-bond donors (Lipinski definition) is 0. The van der Waals surface area contributed by atoms with Crippen molar-refractivity contribution >= 4 is 11.6 Å². The Hall–Kier alpha value is -3.17. The zero-order chi connectivity index (χ0) is 20.6. The molecule has 3 aromatic heterocycles. The van der Waals surface area contributed by atoms with Gasteiger partial charge in [0.05, 0.1) is 11.3 Å². The molecule has 0 bridgehead atoms. The van der Waals surface area contributed by atoms with Crippen LogP contribution in [0.3, 0.4) is 0 Å². The summed E-state index contributed by atoms with van der Waals surface area (Å²) in [5.74, 6) is 1.29. The number of nitrogens with zero attached hydrogens (tertiary/aromatic N) is 7. The normalized spacial score (nSPS) is 15.1. The number of piperazine rings is 1. The lowest BCUT2D eigenvalue weighted by atomic mass is 10.2. The molecule has 1 saturated heterocycles. The van der Waals surface area contributed by atoms with Gasteiger partial charge in [-0.15, -0.1) is 10.2 Å². The average molecular weight is 403 g/mol. The number of halogens is 3. The minimum Gasteiger partial charge on any atom is -0.353 e. The summed E-state index contributed by atoms with van der Waals surface area (Å²) >= 11 is 0. The second-order valence-electron chi connectivity index (χ2n) is 6.94. The molecular weight excluding hydrogens is 383 g/mol. The molecular formula is C19H20F3N7. The highest BCUT2D eigenvalue weighted by atomic mass is 19.4. The fraction of sp³-hybridized carbons (Fsp3) is 0.368. The quantitative estimate of drug-likeness (QED) is 0.670. The van der Waals surface area contributed by atoms with Gasteiger partial charge in [0.15, 0.2) is 11.6 Å². The number of alkyl halides is 3. The summed E-state index contributed by atoms with van der Waals surface area (Å²) in [4.78, 5) is 7.64. The monoisotopic (exact) mass is 403 g/mol. The van der Waals surface area contributed by atoms with Gasteiger partial charge in [-0.25, -0.2) is 9.67 Å². The fourth-order valence-electron chi connectivity index (χ4n) is 3.48. The summed E-state index contributed by atoms with van der Waals surface area (Å²) in [5, 5.41) is 12.9. The first-order valence-electron chi connectivity index (χ1n) is 9.22. The number of anilines is 2. The Bertz CT molecular complexity index is 990. The lowest BCUT2D eigenvalue weighted by Crippen LogP contribution is -2.47. The van der Waals surface area contributed by atoms with Crippen LogP contribution in [0, 0.1) is 13.8 Å². The van der Waals surface area contributed by atoms with Gasteiger partial charge in [-0.2, -0.15) is 18.3 Å². The summed E-state index contributed by atoms with van der Waals surface area (Å²) in [6.07, 6.45) is -3.04. The molecule has 29 heavy (non-hydrogen) atoms. The van der Waals surface area contributed by atoms with Crippen LogP contribution in [0.5, 0.6) is 0 Å². The molecule has 1 aliphatic heterocycles. The summed E-state index contributed by atoms with van der Waals surface area (Å²) < 4.78 is 41.5. The van der Waals surface area contributed by atoms with Crippen LogP contribution in [-0.4, -0.2) is 51.1 Å². The molecule has 0 aliphatic carbocycles. The third kappa shape index (κ3) is 3.87. The van der Waals surface area contributed by atoms with E-state index in [4.69, 9.17) is 0 Å². The van der Waals surface area contributed by atoms with Crippen molar-refractivity contribution in [1.82, 2.24) is 25.0 Å². The van der Waals surface area contributed by atoms with Crippen molar-refractivity contribution in [1.29, 1.82) is 0 Å². The maximum absolute atomic E-state index is 13.3. The topological polar surface area (TPSA) is 63.0 Å². The summed E-state index contributed by atoms with van der Waals surface area (Å²) in [6, 6.07) is 8.03. The van der Waals surface area contributed by atoms with Gasteiger partial charge in [0.25, 0.3) is 0 Å². The van der Waals surface area contributed by atoms with Crippen LogP contribution < -0.4 is 9.80 Å². The van der Waals surface area contributed by atoms with Crippen LogP contribution >= 0.6 is 0 Å². The van der Waals surface area contributed by atoms with Crippen LogP contribution in [0.1, 0.15) is 17.0 Å². The molecule has 4 heterocycles. The Balaban J connectivity index is 1.46. The van der Waals surface area contributed by atoms with Gasteiger partial charge < -0.3 is 9.80 Å². The molecule has 0 spiro atoms. The largest absolute Gasteiger partial charge is 0.419 e. The van der Waals surface area contributed by atoms with Gasteiger partial charge in [-0.05, 0) is 44.2 Å². The molecule has 0 amide bonds. The van der Waals surface area contributed by atoms with E-state index in [9.17, 15) is 13.2 Å². The molecule has 10 heteroatoms. The Kier molecular flexibility index (Phi) is 4.85. The predicted molar refractivity (Wildman–Crippen MR) is 102 cm³/mol. The molecule has 4 rings (SSSR count). The van der Waals surface area contributed by atoms with Gasteiger partial charge >= 0.3 is 6.18 Å². The van der Waals surface area contributed by atoms with Crippen molar-refractivity contribution in [2.75, 3.05) is 36.0 Å². The standard InChI is InChI=1S/C19H20F3N7/c1-13-12-14(2)29(26-13)17-6-5-16(24-25-17)27-8-10-28(11-9-27)18-15(19(20,21)22)4-3-7-23-18/h3-7,12H,8-11H2,1-2H3. The van der Waals surface area contributed by atoms with Crippen molar-refractivity contribution in [3.05, 3.63) is 53.5 Å². The maximum atomic E-state index is 13.3. The molecule has 1 aliphatic rings. The molecule has 152 valence electrons. The maximum Gasteiger partial charge on any atom is 0.419 e. The first-order chi connectivity index (χ1) is 13.8. The third-order valence-corrected chi connectivity index (χ3v) is 4.86. The van der Waals surface area contributed by atoms with Crippen LogP contribution in [0.2, 0.25) is 0 Å². The minimum absolute atomic E-state index is 0.0226. The third-order valence-electron chi connectivity index (χ3n) is 4.86. The van der Waals surface area contributed by atoms with E-state index in [0.717, 1.165) is 17.5 Å². The van der Waals surface area contributed by atoms with Gasteiger partial charge in [0.1, 0.15) is 5.82 Å². The molecule has 0 saturated carbocycles. The van der Waals surface area contributed by atoms with Crippen molar-refractivity contribution < 1.29 is 13.2 Å². The lowest BCUT2D eigenvalue weighted by Gasteiger charge is -2.36. The van der Waals surface area contributed by atoms with Gasteiger partial charge in [0.2, 0.25) is 0 Å². The first-order valence-corrected chi connectivity index (χ1v) is 9.22. The number of aryl methyl sites for hydroxylation is 2. The van der Waals surface area contributed by atoms with Gasteiger partial charge in [-0.1, -0.05) is 0 Å². The Morgan fingerprint density at radius 1 is 0.897 bits per heavy atom. The summed E-state index contributed by atoms with van der Waals surface area (Å²) in [5.41, 5.74) is 1.16. The summed E-state index contributed by atoms with van der Waals surface area (Å²) in [6.45, 7) is 5.75. The van der Waals surface area contributed by atoms with Gasteiger partial charge in [-0.3, -0.25) is 0 Å². The summed E-state index contributed by atoms with van der Waals surface area (Å²) in [7, 11) is 0. The minimum atomic E-state index is -4.43. The van der Waals surface area contributed by atoms with Crippen molar-refractivity contribution in [3.63, 3.8) is 0 Å². The molecule has 0 radical (unpaired) electrons. The molecule has 3 aromatic rings.